The molecule has 33 heavy (non-hydrogen) atoms. The van der Waals surface area contributed by atoms with Gasteiger partial charge in [0.1, 0.15) is 11.4 Å². The molecule has 2 fully saturated rings. The van der Waals surface area contributed by atoms with Gasteiger partial charge < -0.3 is 25.2 Å². The lowest BCUT2D eigenvalue weighted by Crippen LogP contribution is -2.32. The van der Waals surface area contributed by atoms with Gasteiger partial charge in [0, 0.05) is 13.1 Å². The van der Waals surface area contributed by atoms with E-state index in [1.165, 1.54) is 0 Å². The number of carboxylic acids is 1. The van der Waals surface area contributed by atoms with Crippen LogP contribution in [0.3, 0.4) is 0 Å². The molecule has 1 unspecified atom stereocenters. The number of aliphatic hydroxyl groups is 1. The van der Waals surface area contributed by atoms with E-state index in [0.717, 1.165) is 12.0 Å². The average molecular weight is 454 g/mol. The van der Waals surface area contributed by atoms with Crippen molar-refractivity contribution in [3.63, 3.8) is 0 Å². The van der Waals surface area contributed by atoms with Crippen molar-refractivity contribution in [1.82, 2.24) is 10.3 Å². The number of fused-ring (bicyclic) bond motifs is 1. The zero-order valence-electron chi connectivity index (χ0n) is 19.0. The molecule has 8 nitrogen and oxygen atoms in total. The maximum atomic E-state index is 13.1. The number of nitrogens with zero attached hydrogens (tertiary/aromatic N) is 2. The van der Waals surface area contributed by atoms with Crippen LogP contribution in [0.25, 0.3) is 0 Å². The summed E-state index contributed by atoms with van der Waals surface area (Å²) in [6, 6.07) is 12.2. The number of pyridine rings is 1. The number of aliphatic carboxylic acids is 1. The van der Waals surface area contributed by atoms with Crippen LogP contribution in [0, 0.1) is 23.7 Å². The molecule has 1 aromatic heterocycles. The van der Waals surface area contributed by atoms with Crippen LogP contribution in [0.15, 0.2) is 42.5 Å². The minimum absolute atomic E-state index is 0.161. The molecule has 1 aliphatic heterocycles. The molecule has 176 valence electrons. The van der Waals surface area contributed by atoms with Crippen molar-refractivity contribution < 1.29 is 24.5 Å². The summed E-state index contributed by atoms with van der Waals surface area (Å²) in [5, 5.41) is 21.9. The van der Waals surface area contributed by atoms with Crippen LogP contribution in [0.1, 0.15) is 42.2 Å². The number of piperidine rings is 1. The number of benzene rings is 1. The Morgan fingerprint density at radius 3 is 2.45 bits per heavy atom. The van der Waals surface area contributed by atoms with Crippen LogP contribution < -0.4 is 15.0 Å². The van der Waals surface area contributed by atoms with Crippen LogP contribution in [-0.4, -0.2) is 53.4 Å². The van der Waals surface area contributed by atoms with Gasteiger partial charge in [-0.15, -0.1) is 0 Å². The molecule has 1 aromatic carbocycles. The highest BCUT2D eigenvalue weighted by Crippen LogP contribution is 2.52. The molecule has 2 aliphatic rings. The third kappa shape index (κ3) is 5.11. The fraction of sp³-hybridized carbons (Fsp3) is 0.480. The van der Waals surface area contributed by atoms with E-state index in [9.17, 15) is 19.8 Å². The number of nitrogens with one attached hydrogen (secondary N) is 1. The first-order valence-electron chi connectivity index (χ1n) is 11.5. The first-order valence-corrected chi connectivity index (χ1v) is 11.5. The second-order valence-electron chi connectivity index (χ2n) is 9.27. The molecule has 4 atom stereocenters. The largest absolute Gasteiger partial charge is 0.481 e. The second-order valence-corrected chi connectivity index (χ2v) is 9.27. The topological polar surface area (TPSA) is 112 Å². The van der Waals surface area contributed by atoms with Crippen LogP contribution in [0.4, 0.5) is 5.82 Å². The van der Waals surface area contributed by atoms with Crippen molar-refractivity contribution in [3.8, 4) is 5.88 Å². The summed E-state index contributed by atoms with van der Waals surface area (Å²) < 4.78 is 5.93. The lowest BCUT2D eigenvalue weighted by molar-refractivity contribution is -0.139. The van der Waals surface area contributed by atoms with E-state index in [2.05, 4.69) is 29.0 Å². The highest BCUT2D eigenvalue weighted by molar-refractivity contribution is 5.97. The summed E-state index contributed by atoms with van der Waals surface area (Å²) in [6.07, 6.45) is 0.824. The predicted octanol–water partition coefficient (Wildman–Crippen LogP) is 2.74. The first-order chi connectivity index (χ1) is 15.9. The zero-order chi connectivity index (χ0) is 23.5. The summed E-state index contributed by atoms with van der Waals surface area (Å²) in [7, 11) is 0. The summed E-state index contributed by atoms with van der Waals surface area (Å²) in [5.41, 5.74) is 1.12. The van der Waals surface area contributed by atoms with E-state index in [4.69, 9.17) is 4.74 Å². The first kappa shape index (κ1) is 23.0. The molecule has 1 amide bonds. The number of aliphatic hydroxyl groups excluding tert-OH is 1. The van der Waals surface area contributed by atoms with Crippen molar-refractivity contribution in [2.24, 2.45) is 23.7 Å². The molecule has 2 heterocycles. The molecule has 2 aromatic rings. The van der Waals surface area contributed by atoms with Gasteiger partial charge in [0.2, 0.25) is 5.88 Å². The predicted molar refractivity (Wildman–Crippen MR) is 123 cm³/mol. The van der Waals surface area contributed by atoms with Gasteiger partial charge in [-0.05, 0) is 41.9 Å². The number of amides is 1. The molecule has 0 spiro atoms. The van der Waals surface area contributed by atoms with Crippen molar-refractivity contribution in [2.75, 3.05) is 31.2 Å². The van der Waals surface area contributed by atoms with Gasteiger partial charge in [-0.25, -0.2) is 0 Å². The van der Waals surface area contributed by atoms with Crippen molar-refractivity contribution in [2.45, 2.75) is 26.3 Å². The van der Waals surface area contributed by atoms with E-state index in [0.29, 0.717) is 37.0 Å². The summed E-state index contributed by atoms with van der Waals surface area (Å²) in [4.78, 5) is 31.1. The minimum atomic E-state index is -0.723. The number of hydrogen-bond donors (Lipinski definition) is 3. The highest BCUT2D eigenvalue weighted by Gasteiger charge is 2.60. The number of rotatable bonds is 10. The Kier molecular flexibility index (Phi) is 6.83. The normalized spacial score (nSPS) is 22.1. The number of carbonyl (C=O) groups excluding carboxylic acids is 1. The van der Waals surface area contributed by atoms with E-state index < -0.39 is 12.0 Å². The van der Waals surface area contributed by atoms with Crippen molar-refractivity contribution >= 4 is 17.7 Å². The minimum Gasteiger partial charge on any atom is -0.481 e. The van der Waals surface area contributed by atoms with Crippen LogP contribution in [0.5, 0.6) is 5.88 Å². The number of carboxylic acid groups (broad SMARTS) is 1. The van der Waals surface area contributed by atoms with Gasteiger partial charge in [-0.2, -0.15) is 4.98 Å². The SMILES string of the molecule is CC(C)CCOc1nc(N2C[C@@H]3C(C(=O)O)[C@@H]3C2)ccc1C(=O)N[C@@H](CO)c1ccccc1. The molecule has 1 saturated carbocycles. The Balaban J connectivity index is 1.51. The van der Waals surface area contributed by atoms with E-state index in [1.807, 2.05) is 30.3 Å². The Morgan fingerprint density at radius 2 is 1.85 bits per heavy atom. The Hall–Kier alpha value is -3.13. The third-order valence-electron chi connectivity index (χ3n) is 6.52. The van der Waals surface area contributed by atoms with Crippen molar-refractivity contribution in [1.29, 1.82) is 0 Å². The quantitative estimate of drug-likeness (QED) is 0.507. The second kappa shape index (κ2) is 9.79. The van der Waals surface area contributed by atoms with Gasteiger partial charge in [0.15, 0.2) is 0 Å². The zero-order valence-corrected chi connectivity index (χ0v) is 19.0. The van der Waals surface area contributed by atoms with Gasteiger partial charge in [0.05, 0.1) is 25.2 Å². The summed E-state index contributed by atoms with van der Waals surface area (Å²) in [5.74, 6) is 0.367. The van der Waals surface area contributed by atoms with Gasteiger partial charge >= 0.3 is 5.97 Å². The summed E-state index contributed by atoms with van der Waals surface area (Å²) in [6.45, 7) is 5.69. The fourth-order valence-electron chi connectivity index (χ4n) is 4.52. The van der Waals surface area contributed by atoms with Crippen LogP contribution >= 0.6 is 0 Å². The fourth-order valence-corrected chi connectivity index (χ4v) is 4.52. The Morgan fingerprint density at radius 1 is 1.15 bits per heavy atom. The number of aromatic nitrogens is 1. The molecular formula is C25H31N3O5. The Labute approximate surface area is 193 Å². The van der Waals surface area contributed by atoms with Gasteiger partial charge in [-0.1, -0.05) is 44.2 Å². The molecule has 1 saturated heterocycles. The standard InChI is InChI=1S/C25H31N3O5/c1-15(2)10-11-33-24-17(23(30)26-20(14-29)16-6-4-3-5-7-16)8-9-21(27-24)28-12-18-19(13-28)22(18)25(31)32/h3-9,15,18-20,22,29H,10-14H2,1-2H3,(H,26,30)(H,31,32)/t18-,19+,20-,22?/m0/s1. The lowest BCUT2D eigenvalue weighted by Gasteiger charge is -2.22. The molecule has 1 aliphatic carbocycles. The maximum absolute atomic E-state index is 13.1. The number of ether oxygens (including phenoxy) is 1. The average Bonchev–Trinajstić information content (AvgIpc) is 3.32. The maximum Gasteiger partial charge on any atom is 0.307 e. The smallest absolute Gasteiger partial charge is 0.307 e. The summed E-state index contributed by atoms with van der Waals surface area (Å²) >= 11 is 0. The highest BCUT2D eigenvalue weighted by atomic mass is 16.5. The lowest BCUT2D eigenvalue weighted by atomic mass is 10.1. The monoisotopic (exact) mass is 453 g/mol. The number of hydrogen-bond acceptors (Lipinski definition) is 6. The Bertz CT molecular complexity index is 985. The third-order valence-corrected chi connectivity index (χ3v) is 6.52. The molecule has 0 radical (unpaired) electrons. The number of carbonyl (C=O) groups is 2. The molecular weight excluding hydrogens is 422 g/mol. The van der Waals surface area contributed by atoms with E-state index in [1.54, 1.807) is 12.1 Å². The molecule has 4 rings (SSSR count). The van der Waals surface area contributed by atoms with Crippen LogP contribution in [-0.2, 0) is 4.79 Å². The van der Waals surface area contributed by atoms with E-state index >= 15 is 0 Å². The van der Waals surface area contributed by atoms with Crippen molar-refractivity contribution in [3.05, 3.63) is 53.6 Å². The molecule has 3 N–H and O–H groups in total. The van der Waals surface area contributed by atoms with Crippen LogP contribution in [0.2, 0.25) is 0 Å². The molecule has 8 heteroatoms. The van der Waals surface area contributed by atoms with E-state index in [-0.39, 0.29) is 36.1 Å². The van der Waals surface area contributed by atoms with Gasteiger partial charge in [0.25, 0.3) is 5.91 Å². The number of anilines is 1. The van der Waals surface area contributed by atoms with Gasteiger partial charge in [-0.3, -0.25) is 9.59 Å². The molecule has 0 bridgehead atoms.